The highest BCUT2D eigenvalue weighted by Gasteiger charge is 2.16. The highest BCUT2D eigenvalue weighted by atomic mass is 32.3. The number of ether oxygens (including phenoxy) is 1. The highest BCUT2D eigenvalue weighted by Crippen LogP contribution is 2.14. The van der Waals surface area contributed by atoms with Gasteiger partial charge in [-0.2, -0.15) is 8.42 Å². The van der Waals surface area contributed by atoms with E-state index in [0.717, 1.165) is 19.3 Å². The fourth-order valence-electron chi connectivity index (χ4n) is 2.10. The molecule has 0 bridgehead atoms. The van der Waals surface area contributed by atoms with Gasteiger partial charge in [-0.15, -0.1) is 0 Å². The summed E-state index contributed by atoms with van der Waals surface area (Å²) < 4.78 is 39.5. The lowest BCUT2D eigenvalue weighted by Crippen LogP contribution is -2.21. The summed E-state index contributed by atoms with van der Waals surface area (Å²) in [5.74, 6) is 0. The predicted molar refractivity (Wildman–Crippen MR) is 79.9 cm³/mol. The van der Waals surface area contributed by atoms with Gasteiger partial charge in [0, 0.05) is 6.61 Å². The van der Waals surface area contributed by atoms with E-state index < -0.39 is 16.7 Å². The van der Waals surface area contributed by atoms with E-state index in [2.05, 4.69) is 11.1 Å². The van der Waals surface area contributed by atoms with Crippen molar-refractivity contribution in [1.82, 2.24) is 0 Å². The molecule has 1 N–H and O–H groups in total. The Balaban J connectivity index is 3.54. The van der Waals surface area contributed by atoms with E-state index >= 15 is 0 Å². The maximum atomic E-state index is 10.6. The summed E-state index contributed by atoms with van der Waals surface area (Å²) in [6.45, 7) is 4.33. The van der Waals surface area contributed by atoms with Gasteiger partial charge in [0.1, 0.15) is 0 Å². The van der Waals surface area contributed by atoms with Gasteiger partial charge in [-0.05, 0) is 19.8 Å². The molecule has 0 heterocycles. The minimum Gasteiger partial charge on any atom is -0.352 e. The minimum absolute atomic E-state index is 0.359. The monoisotopic (exact) mass is 310 g/mol. The molecule has 0 amide bonds. The molecule has 0 aromatic rings. The molecule has 5 nitrogen and oxygen atoms in total. The van der Waals surface area contributed by atoms with Gasteiger partial charge in [0.2, 0.25) is 0 Å². The lowest BCUT2D eigenvalue weighted by Gasteiger charge is -2.14. The minimum atomic E-state index is -4.43. The molecule has 122 valence electrons. The summed E-state index contributed by atoms with van der Waals surface area (Å²) in [5.41, 5.74) is 0. The molecular weight excluding hydrogens is 280 g/mol. The summed E-state index contributed by atoms with van der Waals surface area (Å²) in [4.78, 5) is 0. The van der Waals surface area contributed by atoms with Crippen LogP contribution in [0.1, 0.15) is 78.1 Å². The topological polar surface area (TPSA) is 72.8 Å². The Morgan fingerprint density at radius 3 is 1.85 bits per heavy atom. The molecule has 0 spiro atoms. The van der Waals surface area contributed by atoms with Crippen LogP contribution in [0.25, 0.3) is 0 Å². The quantitative estimate of drug-likeness (QED) is 0.297. The van der Waals surface area contributed by atoms with Crippen LogP contribution in [0.3, 0.4) is 0 Å². The SMILES string of the molecule is CCCCCCCCCCCC(OCC)OS(=O)(=O)O. The largest absolute Gasteiger partial charge is 0.399 e. The van der Waals surface area contributed by atoms with Gasteiger partial charge < -0.3 is 4.74 Å². The molecule has 0 fully saturated rings. The Morgan fingerprint density at radius 1 is 0.900 bits per heavy atom. The summed E-state index contributed by atoms with van der Waals surface area (Å²) in [7, 11) is -4.43. The van der Waals surface area contributed by atoms with Crippen LogP contribution in [-0.4, -0.2) is 25.9 Å². The molecule has 0 rings (SSSR count). The van der Waals surface area contributed by atoms with Gasteiger partial charge in [0.15, 0.2) is 6.29 Å². The highest BCUT2D eigenvalue weighted by molar-refractivity contribution is 7.80. The Labute approximate surface area is 124 Å². The molecule has 6 heteroatoms. The zero-order valence-corrected chi connectivity index (χ0v) is 13.7. The Morgan fingerprint density at radius 2 is 1.40 bits per heavy atom. The molecule has 0 aliphatic carbocycles. The molecule has 20 heavy (non-hydrogen) atoms. The first-order chi connectivity index (χ1) is 9.49. The first-order valence-corrected chi connectivity index (χ1v) is 9.13. The van der Waals surface area contributed by atoms with E-state index in [4.69, 9.17) is 9.29 Å². The van der Waals surface area contributed by atoms with E-state index in [9.17, 15) is 8.42 Å². The van der Waals surface area contributed by atoms with Crippen molar-refractivity contribution in [2.24, 2.45) is 0 Å². The first-order valence-electron chi connectivity index (χ1n) is 7.77. The van der Waals surface area contributed by atoms with Crippen molar-refractivity contribution in [1.29, 1.82) is 0 Å². The maximum Gasteiger partial charge on any atom is 0.399 e. The zero-order valence-electron chi connectivity index (χ0n) is 12.8. The second-order valence-corrected chi connectivity index (χ2v) is 6.07. The van der Waals surface area contributed by atoms with E-state index in [1.807, 2.05) is 0 Å². The Hall–Kier alpha value is -0.170. The van der Waals surface area contributed by atoms with Gasteiger partial charge in [-0.3, -0.25) is 4.55 Å². The molecule has 0 radical (unpaired) electrons. The third kappa shape index (κ3) is 14.2. The second kappa shape index (κ2) is 12.6. The molecule has 0 aliphatic rings. The molecule has 0 aromatic carbocycles. The average molecular weight is 310 g/mol. The Kier molecular flexibility index (Phi) is 12.5. The summed E-state index contributed by atoms with van der Waals surface area (Å²) in [6.07, 6.45) is 10.4. The van der Waals surface area contributed by atoms with E-state index in [1.165, 1.54) is 38.5 Å². The normalized spacial score (nSPS) is 13.6. The van der Waals surface area contributed by atoms with Crippen molar-refractivity contribution in [2.45, 2.75) is 84.3 Å². The van der Waals surface area contributed by atoms with Gasteiger partial charge in [-0.25, -0.2) is 4.18 Å². The second-order valence-electron chi connectivity index (χ2n) is 5.03. The van der Waals surface area contributed by atoms with E-state index in [0.29, 0.717) is 13.0 Å². The van der Waals surface area contributed by atoms with Crippen LogP contribution in [0.4, 0.5) is 0 Å². The van der Waals surface area contributed by atoms with Crippen molar-refractivity contribution in [2.75, 3.05) is 6.61 Å². The van der Waals surface area contributed by atoms with E-state index in [1.54, 1.807) is 6.92 Å². The molecule has 0 saturated carbocycles. The van der Waals surface area contributed by atoms with Crippen LogP contribution >= 0.6 is 0 Å². The molecular formula is C14H30O5S. The molecule has 1 atom stereocenters. The van der Waals surface area contributed by atoms with Gasteiger partial charge >= 0.3 is 10.4 Å². The van der Waals surface area contributed by atoms with Crippen molar-refractivity contribution in [3.05, 3.63) is 0 Å². The van der Waals surface area contributed by atoms with Crippen LogP contribution in [0.15, 0.2) is 0 Å². The molecule has 0 aromatic heterocycles. The van der Waals surface area contributed by atoms with E-state index in [-0.39, 0.29) is 0 Å². The molecule has 0 aliphatic heterocycles. The van der Waals surface area contributed by atoms with Crippen LogP contribution < -0.4 is 0 Å². The number of unbranched alkanes of at least 4 members (excludes halogenated alkanes) is 8. The van der Waals surface area contributed by atoms with Crippen LogP contribution in [0, 0.1) is 0 Å². The summed E-state index contributed by atoms with van der Waals surface area (Å²) in [6, 6.07) is 0. The summed E-state index contributed by atoms with van der Waals surface area (Å²) in [5, 5.41) is 0. The van der Waals surface area contributed by atoms with Crippen LogP contribution in [-0.2, 0) is 19.3 Å². The fraction of sp³-hybridized carbons (Fsp3) is 1.00. The van der Waals surface area contributed by atoms with Crippen molar-refractivity contribution < 1.29 is 21.9 Å². The number of rotatable bonds is 14. The van der Waals surface area contributed by atoms with Crippen LogP contribution in [0.5, 0.6) is 0 Å². The lowest BCUT2D eigenvalue weighted by atomic mass is 10.1. The standard InChI is InChI=1S/C14H30O5S/c1-3-5-6-7-8-9-10-11-12-13-14(18-4-2)19-20(15,16)17/h14H,3-13H2,1-2H3,(H,15,16,17). The van der Waals surface area contributed by atoms with Crippen molar-refractivity contribution >= 4 is 10.4 Å². The lowest BCUT2D eigenvalue weighted by molar-refractivity contribution is -0.0818. The fourth-order valence-corrected chi connectivity index (χ4v) is 2.53. The van der Waals surface area contributed by atoms with Gasteiger partial charge in [-0.1, -0.05) is 58.3 Å². The van der Waals surface area contributed by atoms with Gasteiger partial charge in [0.05, 0.1) is 0 Å². The smallest absolute Gasteiger partial charge is 0.352 e. The zero-order chi connectivity index (χ0) is 15.3. The number of hydrogen-bond donors (Lipinski definition) is 1. The Bertz CT molecular complexity index is 303. The predicted octanol–water partition coefficient (Wildman–Crippen LogP) is 4.09. The average Bonchev–Trinajstić information content (AvgIpc) is 2.35. The third-order valence-corrected chi connectivity index (χ3v) is 3.58. The molecule has 0 saturated heterocycles. The van der Waals surface area contributed by atoms with Crippen molar-refractivity contribution in [3.63, 3.8) is 0 Å². The van der Waals surface area contributed by atoms with Gasteiger partial charge in [0.25, 0.3) is 0 Å². The third-order valence-electron chi connectivity index (χ3n) is 3.12. The first kappa shape index (κ1) is 19.8. The maximum absolute atomic E-state index is 10.6. The number of hydrogen-bond acceptors (Lipinski definition) is 4. The van der Waals surface area contributed by atoms with Crippen LogP contribution in [0.2, 0.25) is 0 Å². The summed E-state index contributed by atoms with van der Waals surface area (Å²) >= 11 is 0. The van der Waals surface area contributed by atoms with Crippen molar-refractivity contribution in [3.8, 4) is 0 Å². The molecule has 1 unspecified atom stereocenters.